The molecular formula is C19H20N4O2S. The summed E-state index contributed by atoms with van der Waals surface area (Å²) < 4.78 is 0. The van der Waals surface area contributed by atoms with Gasteiger partial charge in [-0.3, -0.25) is 4.79 Å². The number of rotatable bonds is 5. The van der Waals surface area contributed by atoms with E-state index in [1.54, 1.807) is 29.8 Å². The van der Waals surface area contributed by atoms with E-state index in [1.807, 2.05) is 0 Å². The summed E-state index contributed by atoms with van der Waals surface area (Å²) in [5, 5.41) is 16.6. The predicted molar refractivity (Wildman–Crippen MR) is 103 cm³/mol. The summed E-state index contributed by atoms with van der Waals surface area (Å²) in [6.07, 6.45) is 6.30. The van der Waals surface area contributed by atoms with E-state index in [4.69, 9.17) is 0 Å². The Labute approximate surface area is 155 Å². The zero-order valence-electron chi connectivity index (χ0n) is 14.3. The second-order valence-corrected chi connectivity index (χ2v) is 7.43. The van der Waals surface area contributed by atoms with Crippen LogP contribution in [0.1, 0.15) is 33.6 Å². The zero-order chi connectivity index (χ0) is 17.9. The van der Waals surface area contributed by atoms with Crippen LogP contribution in [0.4, 0.5) is 5.82 Å². The smallest absolute Gasteiger partial charge is 0.251 e. The molecule has 1 aliphatic rings. The van der Waals surface area contributed by atoms with Crippen LogP contribution in [0.25, 0.3) is 10.2 Å². The summed E-state index contributed by atoms with van der Waals surface area (Å²) in [6, 6.07) is 6.21. The van der Waals surface area contributed by atoms with Crippen LogP contribution >= 0.6 is 11.3 Å². The van der Waals surface area contributed by atoms with Crippen LogP contribution in [0.5, 0.6) is 5.75 Å². The highest BCUT2D eigenvalue weighted by Gasteiger charge is 2.19. The summed E-state index contributed by atoms with van der Waals surface area (Å²) in [5.41, 5.74) is 1.92. The lowest BCUT2D eigenvalue weighted by molar-refractivity contribution is 0.0955. The quantitative estimate of drug-likeness (QED) is 0.602. The number of nitrogens with one attached hydrogen (secondary N) is 2. The number of thiophene rings is 1. The van der Waals surface area contributed by atoms with Gasteiger partial charge < -0.3 is 15.7 Å². The molecule has 7 heteroatoms. The lowest BCUT2D eigenvalue weighted by Gasteiger charge is -2.12. The number of phenolic OH excluding ortho intramolecular Hbond substituents is 1. The largest absolute Gasteiger partial charge is 0.508 e. The van der Waals surface area contributed by atoms with Crippen LogP contribution in [-0.4, -0.2) is 34.1 Å². The van der Waals surface area contributed by atoms with E-state index in [0.29, 0.717) is 18.7 Å². The van der Waals surface area contributed by atoms with Gasteiger partial charge in [-0.05, 0) is 55.5 Å². The number of aromatic nitrogens is 2. The molecule has 1 aromatic carbocycles. The average Bonchev–Trinajstić information content (AvgIpc) is 3.05. The van der Waals surface area contributed by atoms with Gasteiger partial charge >= 0.3 is 0 Å². The van der Waals surface area contributed by atoms with Crippen LogP contribution in [0.15, 0.2) is 30.6 Å². The molecule has 2 aromatic heterocycles. The SMILES string of the molecule is O=C(NCCNc1ncnc2sc3c(c12)CCCC3)c1ccc(O)cc1. The number of hydrogen-bond acceptors (Lipinski definition) is 6. The highest BCUT2D eigenvalue weighted by molar-refractivity contribution is 7.19. The van der Waals surface area contributed by atoms with Gasteiger partial charge in [0.05, 0.1) is 5.39 Å². The number of benzene rings is 1. The molecular weight excluding hydrogens is 348 g/mol. The summed E-state index contributed by atoms with van der Waals surface area (Å²) in [7, 11) is 0. The topological polar surface area (TPSA) is 87.1 Å². The Kier molecular flexibility index (Phi) is 4.71. The molecule has 134 valence electrons. The Balaban J connectivity index is 1.40. The number of anilines is 1. The normalized spacial score (nSPS) is 13.4. The molecule has 6 nitrogen and oxygen atoms in total. The minimum atomic E-state index is -0.160. The Hall–Kier alpha value is -2.67. The molecule has 3 N–H and O–H groups in total. The fourth-order valence-electron chi connectivity index (χ4n) is 3.30. The minimum absolute atomic E-state index is 0.148. The monoisotopic (exact) mass is 368 g/mol. The van der Waals surface area contributed by atoms with Crippen molar-refractivity contribution >= 4 is 33.3 Å². The lowest BCUT2D eigenvalue weighted by Crippen LogP contribution is -2.28. The average molecular weight is 368 g/mol. The van der Waals surface area contributed by atoms with Crippen molar-refractivity contribution in [2.24, 2.45) is 0 Å². The van der Waals surface area contributed by atoms with Crippen molar-refractivity contribution in [3.8, 4) is 5.75 Å². The van der Waals surface area contributed by atoms with Gasteiger partial charge in [-0.15, -0.1) is 11.3 Å². The molecule has 0 aliphatic heterocycles. The van der Waals surface area contributed by atoms with Crippen molar-refractivity contribution in [2.45, 2.75) is 25.7 Å². The number of fused-ring (bicyclic) bond motifs is 3. The zero-order valence-corrected chi connectivity index (χ0v) is 15.1. The number of carbonyl (C=O) groups excluding carboxylic acids is 1. The predicted octanol–water partition coefficient (Wildman–Crippen LogP) is 3.12. The first-order valence-electron chi connectivity index (χ1n) is 8.79. The van der Waals surface area contributed by atoms with Crippen LogP contribution < -0.4 is 10.6 Å². The van der Waals surface area contributed by atoms with Crippen molar-refractivity contribution in [1.82, 2.24) is 15.3 Å². The Morgan fingerprint density at radius 2 is 1.92 bits per heavy atom. The summed E-state index contributed by atoms with van der Waals surface area (Å²) in [5.74, 6) is 0.843. The molecule has 0 fully saturated rings. The molecule has 0 radical (unpaired) electrons. The van der Waals surface area contributed by atoms with Gasteiger partial charge in [0.15, 0.2) is 0 Å². The maximum absolute atomic E-state index is 12.1. The number of nitrogens with zero attached hydrogens (tertiary/aromatic N) is 2. The summed E-state index contributed by atoms with van der Waals surface area (Å²) in [4.78, 5) is 23.4. The van der Waals surface area contributed by atoms with E-state index < -0.39 is 0 Å². The number of hydrogen-bond donors (Lipinski definition) is 3. The van der Waals surface area contributed by atoms with Gasteiger partial charge in [0.25, 0.3) is 5.91 Å². The van der Waals surface area contributed by atoms with Gasteiger partial charge in [0.1, 0.15) is 22.7 Å². The van der Waals surface area contributed by atoms with E-state index in [2.05, 4.69) is 20.6 Å². The molecule has 0 unspecified atom stereocenters. The molecule has 1 aliphatic carbocycles. The van der Waals surface area contributed by atoms with E-state index in [1.165, 1.54) is 35.4 Å². The summed E-state index contributed by atoms with van der Waals surface area (Å²) >= 11 is 1.78. The fourth-order valence-corrected chi connectivity index (χ4v) is 4.52. The standard InChI is InChI=1S/C19H20N4O2S/c24-13-7-5-12(6-8-13)18(25)21-10-9-20-17-16-14-3-1-2-4-15(14)26-19(16)23-11-22-17/h5-8,11,24H,1-4,9-10H2,(H,21,25)(H,20,22,23). The number of aromatic hydroxyl groups is 1. The molecule has 0 bridgehead atoms. The maximum Gasteiger partial charge on any atom is 0.251 e. The van der Waals surface area contributed by atoms with Gasteiger partial charge in [-0.2, -0.15) is 0 Å². The Morgan fingerprint density at radius 1 is 1.12 bits per heavy atom. The fraction of sp³-hybridized carbons (Fsp3) is 0.316. The number of phenols is 1. The number of amides is 1. The molecule has 3 aromatic rings. The second-order valence-electron chi connectivity index (χ2n) is 6.34. The molecule has 4 rings (SSSR count). The van der Waals surface area contributed by atoms with Crippen molar-refractivity contribution < 1.29 is 9.90 Å². The van der Waals surface area contributed by atoms with Crippen LogP contribution in [0.2, 0.25) is 0 Å². The molecule has 0 saturated heterocycles. The van der Waals surface area contributed by atoms with Crippen molar-refractivity contribution in [3.63, 3.8) is 0 Å². The van der Waals surface area contributed by atoms with E-state index in [9.17, 15) is 9.90 Å². The molecule has 26 heavy (non-hydrogen) atoms. The molecule has 0 spiro atoms. The van der Waals surface area contributed by atoms with E-state index in [-0.39, 0.29) is 11.7 Å². The number of carbonyl (C=O) groups is 1. The third-order valence-electron chi connectivity index (χ3n) is 4.58. The molecule has 1 amide bonds. The second kappa shape index (κ2) is 7.29. The van der Waals surface area contributed by atoms with E-state index in [0.717, 1.165) is 28.9 Å². The first-order chi connectivity index (χ1) is 12.7. The van der Waals surface area contributed by atoms with Crippen LogP contribution in [0.3, 0.4) is 0 Å². The minimum Gasteiger partial charge on any atom is -0.508 e. The van der Waals surface area contributed by atoms with E-state index >= 15 is 0 Å². The third kappa shape index (κ3) is 3.35. The maximum atomic E-state index is 12.1. The van der Waals surface area contributed by atoms with Gasteiger partial charge in [0, 0.05) is 23.5 Å². The Morgan fingerprint density at radius 3 is 2.77 bits per heavy atom. The first kappa shape index (κ1) is 16.8. The number of aryl methyl sites for hydroxylation is 2. The van der Waals surface area contributed by atoms with Crippen molar-refractivity contribution in [1.29, 1.82) is 0 Å². The van der Waals surface area contributed by atoms with Crippen molar-refractivity contribution in [2.75, 3.05) is 18.4 Å². The molecule has 0 atom stereocenters. The van der Waals surface area contributed by atoms with Gasteiger partial charge in [-0.1, -0.05) is 0 Å². The Bertz CT molecular complexity index is 937. The molecule has 0 saturated carbocycles. The van der Waals surface area contributed by atoms with Crippen molar-refractivity contribution in [3.05, 3.63) is 46.6 Å². The van der Waals surface area contributed by atoms with Gasteiger partial charge in [0.2, 0.25) is 0 Å². The highest BCUT2D eigenvalue weighted by atomic mass is 32.1. The first-order valence-corrected chi connectivity index (χ1v) is 9.60. The highest BCUT2D eigenvalue weighted by Crippen LogP contribution is 2.37. The van der Waals surface area contributed by atoms with Crippen LogP contribution in [-0.2, 0) is 12.8 Å². The van der Waals surface area contributed by atoms with Gasteiger partial charge in [-0.25, -0.2) is 9.97 Å². The molecule has 2 heterocycles. The summed E-state index contributed by atoms with van der Waals surface area (Å²) in [6.45, 7) is 1.07. The lowest BCUT2D eigenvalue weighted by atomic mass is 9.97. The third-order valence-corrected chi connectivity index (χ3v) is 5.78. The van der Waals surface area contributed by atoms with Crippen LogP contribution in [0, 0.1) is 0 Å².